The Morgan fingerprint density at radius 2 is 1.25 bits per heavy atom. The summed E-state index contributed by atoms with van der Waals surface area (Å²) in [5, 5.41) is 19.8. The summed E-state index contributed by atoms with van der Waals surface area (Å²) in [6.45, 7) is 0. The van der Waals surface area contributed by atoms with Gasteiger partial charge in [0.25, 0.3) is 0 Å². The zero-order valence-corrected chi connectivity index (χ0v) is 16.4. The Bertz CT molecular complexity index is 852. The van der Waals surface area contributed by atoms with Gasteiger partial charge in [-0.3, -0.25) is 0 Å². The SMILES string of the molecule is CN(C)C(Cl)=Nc1c(C#N)sc2sc(C#N)c(N=C(Cl)N(C)C)c12. The third-order valence-corrected chi connectivity index (χ3v) is 5.95. The minimum Gasteiger partial charge on any atom is -0.353 e. The quantitative estimate of drug-likeness (QED) is 0.429. The summed E-state index contributed by atoms with van der Waals surface area (Å²) in [7, 11) is 6.99. The molecule has 0 radical (unpaired) electrons. The van der Waals surface area contributed by atoms with Crippen LogP contribution < -0.4 is 0 Å². The van der Waals surface area contributed by atoms with Crippen molar-refractivity contribution < 1.29 is 0 Å². The standard InChI is InChI=1S/C14H12Cl2N6S2/c1-21(2)13(15)19-10-7(5-17)23-12-9(10)11(8(6-18)24-12)20-14(16)22(3)4/h1-4H3. The van der Waals surface area contributed by atoms with Crippen molar-refractivity contribution in [3.8, 4) is 12.1 Å². The van der Waals surface area contributed by atoms with Gasteiger partial charge in [0.2, 0.25) is 0 Å². The van der Waals surface area contributed by atoms with Gasteiger partial charge in [-0.1, -0.05) is 0 Å². The molecule has 2 heterocycles. The van der Waals surface area contributed by atoms with E-state index < -0.39 is 0 Å². The van der Waals surface area contributed by atoms with E-state index in [-0.39, 0.29) is 10.6 Å². The number of rotatable bonds is 2. The first-order valence-electron chi connectivity index (χ1n) is 6.52. The van der Waals surface area contributed by atoms with Crippen LogP contribution in [-0.2, 0) is 0 Å². The third kappa shape index (κ3) is 3.47. The van der Waals surface area contributed by atoms with Crippen LogP contribution in [0.4, 0.5) is 11.4 Å². The predicted octanol–water partition coefficient (Wildman–Crippen LogP) is 4.28. The van der Waals surface area contributed by atoms with Gasteiger partial charge in [-0.05, 0) is 23.2 Å². The van der Waals surface area contributed by atoms with Crippen molar-refractivity contribution >= 4 is 77.2 Å². The first kappa shape index (κ1) is 18.5. The summed E-state index contributed by atoms with van der Waals surface area (Å²) in [6, 6.07) is 4.24. The molecule has 0 fully saturated rings. The number of fused-ring (bicyclic) bond motifs is 1. The molecular weight excluding hydrogens is 387 g/mol. The minimum absolute atomic E-state index is 0.226. The molecule has 0 N–H and O–H groups in total. The fraction of sp³-hybridized carbons (Fsp3) is 0.286. The highest BCUT2D eigenvalue weighted by Gasteiger charge is 2.22. The van der Waals surface area contributed by atoms with E-state index in [0.29, 0.717) is 26.5 Å². The molecule has 0 atom stereocenters. The van der Waals surface area contributed by atoms with Gasteiger partial charge in [0.1, 0.15) is 33.3 Å². The van der Waals surface area contributed by atoms with Crippen LogP contribution in [0.2, 0.25) is 0 Å². The van der Waals surface area contributed by atoms with E-state index in [0.717, 1.165) is 4.01 Å². The Hall–Kier alpha value is -1.84. The molecule has 0 amide bonds. The second kappa shape index (κ2) is 7.37. The van der Waals surface area contributed by atoms with Crippen LogP contribution in [0.25, 0.3) is 9.40 Å². The molecule has 0 saturated carbocycles. The summed E-state index contributed by atoms with van der Waals surface area (Å²) < 4.78 is 0.784. The van der Waals surface area contributed by atoms with E-state index in [2.05, 4.69) is 22.1 Å². The molecule has 0 aliphatic carbocycles. The fourth-order valence-electron chi connectivity index (χ4n) is 1.69. The van der Waals surface area contributed by atoms with Crippen LogP contribution >= 0.6 is 45.9 Å². The largest absolute Gasteiger partial charge is 0.353 e. The summed E-state index contributed by atoms with van der Waals surface area (Å²) in [5.74, 6) is 0. The molecule has 124 valence electrons. The van der Waals surface area contributed by atoms with E-state index >= 15 is 0 Å². The van der Waals surface area contributed by atoms with Crippen molar-refractivity contribution in [1.29, 1.82) is 10.5 Å². The maximum atomic E-state index is 9.38. The van der Waals surface area contributed by atoms with Gasteiger partial charge in [0, 0.05) is 28.2 Å². The highest BCUT2D eigenvalue weighted by atomic mass is 35.5. The van der Waals surface area contributed by atoms with E-state index in [1.54, 1.807) is 38.0 Å². The Morgan fingerprint density at radius 3 is 1.54 bits per heavy atom. The lowest BCUT2D eigenvalue weighted by molar-refractivity contribution is 0.635. The Morgan fingerprint density at radius 1 is 0.875 bits per heavy atom. The first-order chi connectivity index (χ1) is 11.3. The molecular formula is C14H12Cl2N6S2. The average Bonchev–Trinajstić information content (AvgIpc) is 3.03. The lowest BCUT2D eigenvalue weighted by atomic mass is 10.2. The van der Waals surface area contributed by atoms with Crippen LogP contribution in [0.5, 0.6) is 0 Å². The van der Waals surface area contributed by atoms with Crippen molar-refractivity contribution in [2.45, 2.75) is 0 Å². The molecule has 2 rings (SSSR count). The molecule has 24 heavy (non-hydrogen) atoms. The van der Waals surface area contributed by atoms with E-state index in [9.17, 15) is 10.5 Å². The Kier molecular flexibility index (Phi) is 5.68. The van der Waals surface area contributed by atoms with Gasteiger partial charge >= 0.3 is 0 Å². The van der Waals surface area contributed by atoms with E-state index in [4.69, 9.17) is 23.2 Å². The number of thiophene rings is 2. The molecule has 0 aromatic carbocycles. The number of halogens is 2. The summed E-state index contributed by atoms with van der Waals surface area (Å²) >= 11 is 14.8. The zero-order chi connectivity index (χ0) is 18.0. The van der Waals surface area contributed by atoms with Crippen molar-refractivity contribution in [3.63, 3.8) is 0 Å². The lowest BCUT2D eigenvalue weighted by Crippen LogP contribution is -2.15. The maximum Gasteiger partial charge on any atom is 0.198 e. The van der Waals surface area contributed by atoms with Gasteiger partial charge in [-0.2, -0.15) is 10.5 Å². The zero-order valence-electron chi connectivity index (χ0n) is 13.3. The van der Waals surface area contributed by atoms with Crippen LogP contribution in [-0.4, -0.2) is 48.6 Å². The molecule has 0 spiro atoms. The van der Waals surface area contributed by atoms with Crippen LogP contribution in [0.1, 0.15) is 9.75 Å². The highest BCUT2D eigenvalue weighted by molar-refractivity contribution is 7.39. The van der Waals surface area contributed by atoms with Crippen molar-refractivity contribution in [2.75, 3.05) is 28.2 Å². The summed E-state index contributed by atoms with van der Waals surface area (Å²) in [5.41, 5.74) is 0.826. The van der Waals surface area contributed by atoms with Gasteiger partial charge in [0.15, 0.2) is 10.6 Å². The molecule has 0 bridgehead atoms. The normalized spacial score (nSPS) is 12.2. The fourth-order valence-corrected chi connectivity index (χ4v) is 4.06. The number of nitrogens with zero attached hydrogens (tertiary/aromatic N) is 6. The van der Waals surface area contributed by atoms with E-state index in [1.165, 1.54) is 22.7 Å². The summed E-state index contributed by atoms with van der Waals surface area (Å²) in [6.07, 6.45) is 0. The van der Waals surface area contributed by atoms with Crippen molar-refractivity contribution in [3.05, 3.63) is 9.75 Å². The molecule has 10 heteroatoms. The Balaban J connectivity index is 2.85. The first-order valence-corrected chi connectivity index (χ1v) is 8.91. The predicted molar refractivity (Wildman–Crippen MR) is 102 cm³/mol. The topological polar surface area (TPSA) is 78.8 Å². The second-order valence-corrected chi connectivity index (χ2v) is 7.97. The van der Waals surface area contributed by atoms with Crippen LogP contribution in [0.3, 0.4) is 0 Å². The van der Waals surface area contributed by atoms with Gasteiger partial charge in [0.05, 0.1) is 9.40 Å². The maximum absolute atomic E-state index is 9.38. The van der Waals surface area contributed by atoms with Gasteiger partial charge < -0.3 is 9.80 Å². The molecule has 6 nitrogen and oxygen atoms in total. The van der Waals surface area contributed by atoms with Crippen LogP contribution in [0.15, 0.2) is 9.98 Å². The van der Waals surface area contributed by atoms with E-state index in [1.807, 2.05) is 0 Å². The average molecular weight is 399 g/mol. The smallest absolute Gasteiger partial charge is 0.198 e. The van der Waals surface area contributed by atoms with Crippen LogP contribution in [0, 0.1) is 22.7 Å². The molecule has 0 unspecified atom stereocenters. The molecule has 0 aliphatic heterocycles. The number of aliphatic imine (C=N–C) groups is 2. The number of nitriles is 2. The molecule has 2 aromatic heterocycles. The highest BCUT2D eigenvalue weighted by Crippen LogP contribution is 2.49. The third-order valence-electron chi connectivity index (χ3n) is 2.85. The van der Waals surface area contributed by atoms with Crippen molar-refractivity contribution in [1.82, 2.24) is 9.80 Å². The Labute approximate surface area is 157 Å². The van der Waals surface area contributed by atoms with Crippen molar-refractivity contribution in [2.24, 2.45) is 9.98 Å². The lowest BCUT2D eigenvalue weighted by Gasteiger charge is -2.09. The second-order valence-electron chi connectivity index (χ2n) is 5.00. The molecule has 2 aromatic rings. The summed E-state index contributed by atoms with van der Waals surface area (Å²) in [4.78, 5) is 12.8. The minimum atomic E-state index is 0.226. The molecule has 0 aliphatic rings. The van der Waals surface area contributed by atoms with Gasteiger partial charge in [-0.15, -0.1) is 22.7 Å². The number of hydrogen-bond donors (Lipinski definition) is 0. The number of hydrogen-bond acceptors (Lipinski definition) is 6. The number of amidine groups is 2. The monoisotopic (exact) mass is 398 g/mol. The molecule has 0 saturated heterocycles. The van der Waals surface area contributed by atoms with Gasteiger partial charge in [-0.25, -0.2) is 9.98 Å².